The number of nitrogens with one attached hydrogen (secondary N) is 2. The third-order valence-corrected chi connectivity index (χ3v) is 8.20. The molecular formula is C32H44N4O4. The fourth-order valence-electron chi connectivity index (χ4n) is 5.78. The average Bonchev–Trinajstić information content (AvgIpc) is 2.98. The van der Waals surface area contributed by atoms with Gasteiger partial charge in [-0.15, -0.1) is 0 Å². The number of hydrogen-bond donors (Lipinski definition) is 3. The molecule has 0 spiro atoms. The fraction of sp³-hybridized carbons (Fsp3) is 0.531. The van der Waals surface area contributed by atoms with Crippen LogP contribution in [0, 0.1) is 5.92 Å². The number of piperazine rings is 1. The Hall–Kier alpha value is -3.23. The van der Waals surface area contributed by atoms with E-state index in [1.54, 1.807) is 6.92 Å². The van der Waals surface area contributed by atoms with Crippen LogP contribution in [0.2, 0.25) is 0 Å². The number of anilines is 1. The van der Waals surface area contributed by atoms with Gasteiger partial charge in [-0.05, 0) is 47.6 Å². The van der Waals surface area contributed by atoms with Crippen LogP contribution in [0.25, 0.3) is 0 Å². The lowest BCUT2D eigenvalue weighted by Gasteiger charge is -2.36. The summed E-state index contributed by atoms with van der Waals surface area (Å²) in [6, 6.07) is 14.8. The van der Waals surface area contributed by atoms with Gasteiger partial charge in [0.05, 0.1) is 6.61 Å². The molecule has 2 aromatic rings. The molecule has 40 heavy (non-hydrogen) atoms. The number of hydrogen-bond acceptors (Lipinski definition) is 5. The Kier molecular flexibility index (Phi) is 11.1. The van der Waals surface area contributed by atoms with Crippen LogP contribution in [0.1, 0.15) is 68.6 Å². The Bertz CT molecular complexity index is 1120. The van der Waals surface area contributed by atoms with Crippen molar-refractivity contribution in [3.63, 3.8) is 0 Å². The highest BCUT2D eigenvalue weighted by molar-refractivity contribution is 5.91. The first kappa shape index (κ1) is 29.7. The molecule has 3 amide bonds. The number of carbonyl (C=O) groups is 3. The van der Waals surface area contributed by atoms with E-state index in [1.807, 2.05) is 53.4 Å². The van der Waals surface area contributed by atoms with Gasteiger partial charge in [-0.1, -0.05) is 62.6 Å². The first-order chi connectivity index (χ1) is 19.4. The van der Waals surface area contributed by atoms with Crippen molar-refractivity contribution in [2.75, 3.05) is 31.5 Å². The van der Waals surface area contributed by atoms with Crippen LogP contribution >= 0.6 is 0 Å². The van der Waals surface area contributed by atoms with Gasteiger partial charge >= 0.3 is 0 Å². The summed E-state index contributed by atoms with van der Waals surface area (Å²) in [7, 11) is 0. The zero-order valence-corrected chi connectivity index (χ0v) is 23.7. The van der Waals surface area contributed by atoms with Gasteiger partial charge in [-0.3, -0.25) is 19.3 Å². The third kappa shape index (κ3) is 8.63. The van der Waals surface area contributed by atoms with Crippen LogP contribution < -0.4 is 10.6 Å². The smallest absolute Gasteiger partial charge is 0.245 e. The second kappa shape index (κ2) is 15.0. The normalized spacial score (nSPS) is 17.3. The molecule has 4 rings (SSSR count). The molecule has 1 atom stereocenters. The first-order valence-corrected chi connectivity index (χ1v) is 14.8. The number of benzene rings is 2. The van der Waals surface area contributed by atoms with Crippen molar-refractivity contribution < 1.29 is 19.5 Å². The summed E-state index contributed by atoms with van der Waals surface area (Å²) >= 11 is 0. The average molecular weight is 549 g/mol. The minimum absolute atomic E-state index is 0.0151. The summed E-state index contributed by atoms with van der Waals surface area (Å²) in [5, 5.41) is 15.6. The van der Waals surface area contributed by atoms with Crippen molar-refractivity contribution in [1.82, 2.24) is 15.1 Å². The molecule has 2 fully saturated rings. The van der Waals surface area contributed by atoms with Gasteiger partial charge < -0.3 is 20.6 Å². The minimum atomic E-state index is -0.638. The molecule has 2 aliphatic rings. The summed E-state index contributed by atoms with van der Waals surface area (Å²) in [5.74, 6) is 0.327. The summed E-state index contributed by atoms with van der Waals surface area (Å²) in [6.07, 6.45) is 7.27. The summed E-state index contributed by atoms with van der Waals surface area (Å²) in [4.78, 5) is 42.4. The molecule has 1 saturated carbocycles. The quantitative estimate of drug-likeness (QED) is 0.396. The van der Waals surface area contributed by atoms with E-state index in [2.05, 4.69) is 15.5 Å². The second-order valence-corrected chi connectivity index (χ2v) is 11.2. The van der Waals surface area contributed by atoms with Crippen LogP contribution in [0.4, 0.5) is 5.69 Å². The molecule has 1 aliphatic heterocycles. The molecule has 0 aromatic heterocycles. The van der Waals surface area contributed by atoms with Crippen molar-refractivity contribution in [2.24, 2.45) is 5.92 Å². The van der Waals surface area contributed by atoms with Gasteiger partial charge in [0.1, 0.15) is 6.04 Å². The zero-order valence-electron chi connectivity index (χ0n) is 23.7. The van der Waals surface area contributed by atoms with Crippen molar-refractivity contribution >= 4 is 23.4 Å². The van der Waals surface area contributed by atoms with Crippen molar-refractivity contribution in [3.05, 3.63) is 65.2 Å². The molecule has 216 valence electrons. The molecule has 8 heteroatoms. The molecule has 3 N–H and O–H groups in total. The Labute approximate surface area is 238 Å². The van der Waals surface area contributed by atoms with Crippen LogP contribution in [0.3, 0.4) is 0 Å². The van der Waals surface area contributed by atoms with Crippen molar-refractivity contribution in [1.29, 1.82) is 0 Å². The van der Waals surface area contributed by atoms with Gasteiger partial charge in [0, 0.05) is 57.7 Å². The molecule has 0 bridgehead atoms. The lowest BCUT2D eigenvalue weighted by Crippen LogP contribution is -2.55. The Balaban J connectivity index is 1.31. The Morgan fingerprint density at radius 1 is 0.900 bits per heavy atom. The SMILES string of the molecule is CCC(=O)N[C@H](Cc1ccc(NC(=O)CC2CCCCC2)cc1)C(=O)N1CCN(Cc2ccccc2CO)CC1. The maximum atomic E-state index is 13.5. The minimum Gasteiger partial charge on any atom is -0.392 e. The second-order valence-electron chi connectivity index (χ2n) is 11.2. The maximum Gasteiger partial charge on any atom is 0.245 e. The third-order valence-electron chi connectivity index (χ3n) is 8.20. The molecule has 0 radical (unpaired) electrons. The standard InChI is InChI=1S/C32H44N4O4/c1-2-30(38)34-29(20-25-12-14-28(15-13-25)33-31(39)21-24-8-4-3-5-9-24)32(40)36-18-16-35(17-19-36)22-26-10-6-7-11-27(26)23-37/h6-7,10-15,24,29,37H,2-5,8-9,16-23H2,1H3,(H,33,39)(H,34,38)/t29-/m1/s1. The monoisotopic (exact) mass is 548 g/mol. The summed E-state index contributed by atoms with van der Waals surface area (Å²) in [6.45, 7) is 5.17. The number of nitrogens with zero attached hydrogens (tertiary/aromatic N) is 2. The van der Waals surface area contributed by atoms with Crippen LogP contribution in [0.5, 0.6) is 0 Å². The molecular weight excluding hydrogens is 504 g/mol. The van der Waals surface area contributed by atoms with E-state index >= 15 is 0 Å². The van der Waals surface area contributed by atoms with E-state index in [-0.39, 0.29) is 24.3 Å². The molecule has 1 heterocycles. The number of carbonyl (C=O) groups excluding carboxylic acids is 3. The van der Waals surface area contributed by atoms with E-state index in [4.69, 9.17) is 0 Å². The van der Waals surface area contributed by atoms with Crippen molar-refractivity contribution in [3.8, 4) is 0 Å². The Morgan fingerprint density at radius 2 is 1.57 bits per heavy atom. The molecule has 0 unspecified atom stereocenters. The predicted molar refractivity (Wildman–Crippen MR) is 156 cm³/mol. The highest BCUT2D eigenvalue weighted by Crippen LogP contribution is 2.26. The highest BCUT2D eigenvalue weighted by atomic mass is 16.3. The van der Waals surface area contributed by atoms with E-state index < -0.39 is 6.04 Å². The van der Waals surface area contributed by atoms with E-state index in [0.29, 0.717) is 38.3 Å². The zero-order chi connectivity index (χ0) is 28.3. The van der Waals surface area contributed by atoms with Crippen LogP contribution in [-0.2, 0) is 34.0 Å². The number of rotatable bonds is 11. The van der Waals surface area contributed by atoms with Crippen molar-refractivity contribution in [2.45, 2.75) is 77.5 Å². The van der Waals surface area contributed by atoms with Gasteiger partial charge in [-0.2, -0.15) is 0 Å². The number of amides is 3. The highest BCUT2D eigenvalue weighted by Gasteiger charge is 2.29. The lowest BCUT2D eigenvalue weighted by molar-refractivity contribution is -0.138. The lowest BCUT2D eigenvalue weighted by atomic mass is 9.87. The van der Waals surface area contributed by atoms with Gasteiger partial charge in [0.25, 0.3) is 0 Å². The summed E-state index contributed by atoms with van der Waals surface area (Å²) in [5.41, 5.74) is 3.72. The van der Waals surface area contributed by atoms with Gasteiger partial charge in [-0.25, -0.2) is 0 Å². The van der Waals surface area contributed by atoms with Crippen LogP contribution in [-0.4, -0.2) is 64.8 Å². The molecule has 1 saturated heterocycles. The first-order valence-electron chi connectivity index (χ1n) is 14.8. The van der Waals surface area contributed by atoms with Crippen LogP contribution in [0.15, 0.2) is 48.5 Å². The van der Waals surface area contributed by atoms with Gasteiger partial charge in [0.2, 0.25) is 17.7 Å². The molecule has 1 aliphatic carbocycles. The molecule has 2 aromatic carbocycles. The predicted octanol–water partition coefficient (Wildman–Crippen LogP) is 3.87. The van der Waals surface area contributed by atoms with E-state index in [0.717, 1.165) is 54.9 Å². The number of aliphatic hydroxyl groups is 1. The summed E-state index contributed by atoms with van der Waals surface area (Å²) < 4.78 is 0. The topological polar surface area (TPSA) is 102 Å². The maximum absolute atomic E-state index is 13.5. The van der Waals surface area contributed by atoms with E-state index in [1.165, 1.54) is 19.3 Å². The van der Waals surface area contributed by atoms with E-state index in [9.17, 15) is 19.5 Å². The largest absolute Gasteiger partial charge is 0.392 e. The molecule has 8 nitrogen and oxygen atoms in total. The van der Waals surface area contributed by atoms with Gasteiger partial charge in [0.15, 0.2) is 0 Å². The number of aliphatic hydroxyl groups excluding tert-OH is 1. The Morgan fingerprint density at radius 3 is 2.23 bits per heavy atom. The fourth-order valence-corrected chi connectivity index (χ4v) is 5.78.